The number of nitrogens with one attached hydrogen (secondary N) is 1. The molecular weight excluding hydrogens is 264 g/mol. The highest BCUT2D eigenvalue weighted by Crippen LogP contribution is 2.23. The van der Waals surface area contributed by atoms with Gasteiger partial charge >= 0.3 is 5.97 Å². The third kappa shape index (κ3) is 2.18. The van der Waals surface area contributed by atoms with E-state index in [-0.39, 0.29) is 5.56 Å². The number of aromatic nitrogens is 2. The fraction of sp³-hybridized carbons (Fsp3) is 0. The molecule has 1 aromatic heterocycles. The molecule has 0 spiro atoms. The van der Waals surface area contributed by atoms with Gasteiger partial charge in [-0.25, -0.2) is 9.78 Å². The number of carbonyl (C=O) groups is 1. The number of nitrogens with zero attached hydrogens (tertiary/aromatic N) is 1. The van der Waals surface area contributed by atoms with E-state index in [9.17, 15) is 4.79 Å². The van der Waals surface area contributed by atoms with E-state index in [0.717, 1.165) is 16.6 Å². The molecule has 2 aromatic carbocycles. The topological polar surface area (TPSA) is 66.0 Å². The number of benzene rings is 2. The van der Waals surface area contributed by atoms with Crippen LogP contribution in [-0.2, 0) is 0 Å². The largest absolute Gasteiger partial charge is 0.478 e. The van der Waals surface area contributed by atoms with Gasteiger partial charge in [0.2, 0.25) is 0 Å². The van der Waals surface area contributed by atoms with Crippen LogP contribution in [0.3, 0.4) is 0 Å². The molecule has 3 aromatic rings. The van der Waals surface area contributed by atoms with Crippen molar-refractivity contribution in [3.8, 4) is 11.4 Å². The van der Waals surface area contributed by atoms with E-state index in [1.807, 2.05) is 12.1 Å². The molecular formula is C14H9ClN2O2. The van der Waals surface area contributed by atoms with Crippen LogP contribution in [0.15, 0.2) is 42.5 Å². The molecule has 0 saturated heterocycles. The lowest BCUT2D eigenvalue weighted by molar-refractivity contribution is 0.0697. The number of hydrogen-bond donors (Lipinski definition) is 2. The number of fused-ring (bicyclic) bond motifs is 1. The summed E-state index contributed by atoms with van der Waals surface area (Å²) in [6.07, 6.45) is 0. The molecule has 0 aliphatic carbocycles. The van der Waals surface area contributed by atoms with Gasteiger partial charge in [-0.05, 0) is 30.3 Å². The zero-order valence-electron chi connectivity index (χ0n) is 9.72. The summed E-state index contributed by atoms with van der Waals surface area (Å²) in [6.45, 7) is 0. The van der Waals surface area contributed by atoms with Gasteiger partial charge in [0.05, 0.1) is 16.6 Å². The van der Waals surface area contributed by atoms with Gasteiger partial charge < -0.3 is 10.1 Å². The summed E-state index contributed by atoms with van der Waals surface area (Å²) in [4.78, 5) is 18.5. The number of halogens is 1. The van der Waals surface area contributed by atoms with E-state index in [4.69, 9.17) is 16.7 Å². The fourth-order valence-corrected chi connectivity index (χ4v) is 2.09. The van der Waals surface area contributed by atoms with E-state index in [1.165, 1.54) is 0 Å². The van der Waals surface area contributed by atoms with E-state index in [1.54, 1.807) is 30.3 Å². The van der Waals surface area contributed by atoms with Crippen LogP contribution in [0.25, 0.3) is 22.4 Å². The second-order valence-corrected chi connectivity index (χ2v) is 4.57. The molecule has 1 heterocycles. The maximum atomic E-state index is 11.0. The number of aromatic carboxylic acids is 1. The summed E-state index contributed by atoms with van der Waals surface area (Å²) in [5.41, 5.74) is 2.58. The second kappa shape index (κ2) is 4.40. The summed E-state index contributed by atoms with van der Waals surface area (Å²) < 4.78 is 0. The minimum Gasteiger partial charge on any atom is -0.478 e. The van der Waals surface area contributed by atoms with Crippen LogP contribution in [0.5, 0.6) is 0 Å². The lowest BCUT2D eigenvalue weighted by Crippen LogP contribution is -1.95. The third-order valence-corrected chi connectivity index (χ3v) is 3.06. The van der Waals surface area contributed by atoms with Gasteiger partial charge in [-0.1, -0.05) is 23.7 Å². The van der Waals surface area contributed by atoms with Crippen LogP contribution in [0, 0.1) is 0 Å². The molecule has 0 radical (unpaired) electrons. The highest BCUT2D eigenvalue weighted by Gasteiger charge is 2.08. The summed E-state index contributed by atoms with van der Waals surface area (Å²) in [7, 11) is 0. The lowest BCUT2D eigenvalue weighted by Gasteiger charge is -1.98. The Labute approximate surface area is 113 Å². The smallest absolute Gasteiger partial charge is 0.335 e. The first-order valence-corrected chi connectivity index (χ1v) is 6.00. The summed E-state index contributed by atoms with van der Waals surface area (Å²) in [5.74, 6) is -0.332. The zero-order chi connectivity index (χ0) is 13.4. The van der Waals surface area contributed by atoms with Gasteiger partial charge in [0, 0.05) is 10.6 Å². The molecule has 0 saturated carbocycles. The Bertz CT molecular complexity index is 780. The zero-order valence-corrected chi connectivity index (χ0v) is 10.5. The highest BCUT2D eigenvalue weighted by atomic mass is 35.5. The lowest BCUT2D eigenvalue weighted by atomic mass is 10.1. The van der Waals surface area contributed by atoms with Crippen LogP contribution >= 0.6 is 11.6 Å². The van der Waals surface area contributed by atoms with Crippen molar-refractivity contribution in [2.24, 2.45) is 0 Å². The molecule has 0 amide bonds. The third-order valence-electron chi connectivity index (χ3n) is 2.83. The van der Waals surface area contributed by atoms with E-state index < -0.39 is 5.97 Å². The number of carboxylic acid groups (broad SMARTS) is 1. The molecule has 0 bridgehead atoms. The number of aromatic amines is 1. The summed E-state index contributed by atoms with van der Waals surface area (Å²) >= 11 is 5.92. The molecule has 0 fully saturated rings. The molecule has 3 rings (SSSR count). The Balaban J connectivity index is 2.13. The van der Waals surface area contributed by atoms with Gasteiger partial charge in [0.25, 0.3) is 0 Å². The number of H-pyrrole nitrogens is 1. The molecule has 5 heteroatoms. The molecule has 19 heavy (non-hydrogen) atoms. The molecule has 0 aliphatic heterocycles. The Hall–Kier alpha value is -2.33. The average Bonchev–Trinajstić information content (AvgIpc) is 2.81. The van der Waals surface area contributed by atoms with Crippen LogP contribution in [0.2, 0.25) is 5.02 Å². The van der Waals surface area contributed by atoms with Crippen LogP contribution < -0.4 is 0 Å². The van der Waals surface area contributed by atoms with Crippen molar-refractivity contribution in [3.05, 3.63) is 53.1 Å². The van der Waals surface area contributed by atoms with Crippen molar-refractivity contribution in [2.75, 3.05) is 0 Å². The van der Waals surface area contributed by atoms with Crippen molar-refractivity contribution in [3.63, 3.8) is 0 Å². The van der Waals surface area contributed by atoms with Crippen LogP contribution in [0.1, 0.15) is 10.4 Å². The minimum atomic E-state index is -0.957. The number of rotatable bonds is 2. The molecule has 4 nitrogen and oxygen atoms in total. The average molecular weight is 273 g/mol. The Kier molecular flexibility index (Phi) is 2.72. The van der Waals surface area contributed by atoms with Crippen molar-refractivity contribution in [1.82, 2.24) is 9.97 Å². The minimum absolute atomic E-state index is 0.232. The maximum Gasteiger partial charge on any atom is 0.335 e. The molecule has 0 atom stereocenters. The predicted molar refractivity (Wildman–Crippen MR) is 73.5 cm³/mol. The monoisotopic (exact) mass is 272 g/mol. The van der Waals surface area contributed by atoms with Crippen LogP contribution in [0.4, 0.5) is 0 Å². The SMILES string of the molecule is O=C(O)c1cccc(-c2nc3ccc(Cl)cc3[nH]2)c1. The van der Waals surface area contributed by atoms with E-state index in [2.05, 4.69) is 9.97 Å². The summed E-state index contributed by atoms with van der Waals surface area (Å²) in [5, 5.41) is 9.61. The quantitative estimate of drug-likeness (QED) is 0.749. The molecule has 0 aliphatic rings. The van der Waals surface area contributed by atoms with E-state index in [0.29, 0.717) is 10.8 Å². The van der Waals surface area contributed by atoms with Crippen molar-refractivity contribution in [1.29, 1.82) is 0 Å². The van der Waals surface area contributed by atoms with Gasteiger partial charge in [-0.2, -0.15) is 0 Å². The second-order valence-electron chi connectivity index (χ2n) is 4.13. The fourth-order valence-electron chi connectivity index (χ4n) is 1.92. The Morgan fingerprint density at radius 3 is 2.84 bits per heavy atom. The first kappa shape index (κ1) is 11.7. The van der Waals surface area contributed by atoms with Crippen molar-refractivity contribution in [2.45, 2.75) is 0 Å². The first-order chi connectivity index (χ1) is 9.13. The van der Waals surface area contributed by atoms with E-state index >= 15 is 0 Å². The Morgan fingerprint density at radius 2 is 2.05 bits per heavy atom. The molecule has 2 N–H and O–H groups in total. The first-order valence-electron chi connectivity index (χ1n) is 5.62. The normalized spacial score (nSPS) is 10.8. The number of hydrogen-bond acceptors (Lipinski definition) is 2. The van der Waals surface area contributed by atoms with Gasteiger partial charge in [0.15, 0.2) is 0 Å². The van der Waals surface area contributed by atoms with Gasteiger partial charge in [-0.3, -0.25) is 0 Å². The standard InChI is InChI=1S/C14H9ClN2O2/c15-10-4-5-11-12(7-10)17-13(16-11)8-2-1-3-9(6-8)14(18)19/h1-7H,(H,16,17)(H,18,19). The van der Waals surface area contributed by atoms with Crippen molar-refractivity contribution >= 4 is 28.6 Å². The number of carboxylic acids is 1. The molecule has 0 unspecified atom stereocenters. The predicted octanol–water partition coefficient (Wildman–Crippen LogP) is 3.58. The maximum absolute atomic E-state index is 11.0. The summed E-state index contributed by atoms with van der Waals surface area (Å²) in [6, 6.07) is 12.0. The van der Waals surface area contributed by atoms with Gasteiger partial charge in [0.1, 0.15) is 5.82 Å². The van der Waals surface area contributed by atoms with Crippen LogP contribution in [-0.4, -0.2) is 21.0 Å². The van der Waals surface area contributed by atoms with Gasteiger partial charge in [-0.15, -0.1) is 0 Å². The van der Waals surface area contributed by atoms with Crippen molar-refractivity contribution < 1.29 is 9.90 Å². The number of imidazole rings is 1. The molecule has 94 valence electrons. The Morgan fingerprint density at radius 1 is 1.21 bits per heavy atom. The highest BCUT2D eigenvalue weighted by molar-refractivity contribution is 6.31.